The Morgan fingerprint density at radius 3 is 2.68 bits per heavy atom. The van der Waals surface area contributed by atoms with E-state index in [1.54, 1.807) is 0 Å². The van der Waals surface area contributed by atoms with Gasteiger partial charge in [0.25, 0.3) is 5.91 Å². The van der Waals surface area contributed by atoms with Crippen LogP contribution in [0.4, 0.5) is 0 Å². The first kappa shape index (κ1) is 18.8. The molecule has 4 heteroatoms. The molecule has 1 aromatic heterocycles. The van der Waals surface area contributed by atoms with Gasteiger partial charge in [0.15, 0.2) is 0 Å². The van der Waals surface area contributed by atoms with Crippen LogP contribution in [-0.4, -0.2) is 34.4 Å². The fraction of sp³-hybridized carbons (Fsp3) is 0.375. The molecule has 4 rings (SSSR count). The molecule has 4 nitrogen and oxygen atoms in total. The fourth-order valence-corrected chi connectivity index (χ4v) is 4.40. The van der Waals surface area contributed by atoms with E-state index in [2.05, 4.69) is 52.5 Å². The van der Waals surface area contributed by atoms with Crippen LogP contribution in [-0.2, 0) is 6.54 Å². The summed E-state index contributed by atoms with van der Waals surface area (Å²) in [5.74, 6) is 0.118. The van der Waals surface area contributed by atoms with Crippen LogP contribution in [0.5, 0.6) is 0 Å². The summed E-state index contributed by atoms with van der Waals surface area (Å²) in [6.45, 7) is 3.71. The Morgan fingerprint density at radius 1 is 1.11 bits per heavy atom. The Kier molecular flexibility index (Phi) is 5.77. The average molecular weight is 376 g/mol. The van der Waals surface area contributed by atoms with Crippen LogP contribution < -0.4 is 5.32 Å². The summed E-state index contributed by atoms with van der Waals surface area (Å²) < 4.78 is 0. The van der Waals surface area contributed by atoms with E-state index in [1.165, 1.54) is 12.0 Å². The molecular formula is C24H29N3O. The average Bonchev–Trinajstić information content (AvgIpc) is 3.18. The Morgan fingerprint density at radius 2 is 1.89 bits per heavy atom. The number of para-hydroxylation sites is 1. The van der Waals surface area contributed by atoms with Crippen molar-refractivity contribution in [3.63, 3.8) is 0 Å². The molecule has 1 aliphatic rings. The molecule has 0 radical (unpaired) electrons. The Balaban J connectivity index is 1.42. The topological polar surface area (TPSA) is 48.1 Å². The van der Waals surface area contributed by atoms with Gasteiger partial charge in [-0.15, -0.1) is 0 Å². The minimum absolute atomic E-state index is 0.118. The zero-order chi connectivity index (χ0) is 19.3. The molecular weight excluding hydrogens is 346 g/mol. The van der Waals surface area contributed by atoms with Crippen LogP contribution >= 0.6 is 0 Å². The third-order valence-electron chi connectivity index (χ3n) is 5.89. The maximum Gasteiger partial charge on any atom is 0.270 e. The van der Waals surface area contributed by atoms with Crippen molar-refractivity contribution < 1.29 is 4.79 Å². The maximum absolute atomic E-state index is 13.2. The normalized spacial score (nSPS) is 19.6. The van der Waals surface area contributed by atoms with Gasteiger partial charge in [0, 0.05) is 36.1 Å². The molecule has 2 atom stereocenters. The van der Waals surface area contributed by atoms with E-state index in [4.69, 9.17) is 0 Å². The minimum Gasteiger partial charge on any atom is -0.351 e. The molecule has 1 amide bonds. The number of amides is 1. The van der Waals surface area contributed by atoms with Crippen LogP contribution in [0.15, 0.2) is 60.7 Å². The van der Waals surface area contributed by atoms with Gasteiger partial charge in [0.2, 0.25) is 0 Å². The molecule has 3 aromatic rings. The number of carbonyl (C=O) groups is 1. The fourth-order valence-electron chi connectivity index (χ4n) is 4.40. The Bertz CT molecular complexity index is 885. The van der Waals surface area contributed by atoms with Gasteiger partial charge in [-0.1, -0.05) is 48.5 Å². The first-order valence-electron chi connectivity index (χ1n) is 10.4. The van der Waals surface area contributed by atoms with Gasteiger partial charge in [-0.25, -0.2) is 0 Å². The van der Waals surface area contributed by atoms with Crippen molar-refractivity contribution in [2.45, 2.75) is 51.2 Å². The van der Waals surface area contributed by atoms with Crippen molar-refractivity contribution in [1.82, 2.24) is 15.2 Å². The van der Waals surface area contributed by atoms with Gasteiger partial charge in [0.05, 0.1) is 0 Å². The van der Waals surface area contributed by atoms with Crippen molar-refractivity contribution in [1.29, 1.82) is 0 Å². The summed E-state index contributed by atoms with van der Waals surface area (Å²) in [5, 5.41) is 4.79. The van der Waals surface area contributed by atoms with E-state index < -0.39 is 0 Å². The second kappa shape index (κ2) is 8.61. The third kappa shape index (κ3) is 4.12. The molecule has 0 bridgehead atoms. The lowest BCUT2D eigenvalue weighted by molar-refractivity contribution is 0.0623. The summed E-state index contributed by atoms with van der Waals surface area (Å²) >= 11 is 0. The molecule has 1 saturated carbocycles. The first-order valence-corrected chi connectivity index (χ1v) is 10.4. The number of fused-ring (bicyclic) bond motifs is 1. The zero-order valence-corrected chi connectivity index (χ0v) is 16.5. The number of nitrogens with zero attached hydrogens (tertiary/aromatic N) is 1. The van der Waals surface area contributed by atoms with Crippen molar-refractivity contribution >= 4 is 16.8 Å². The van der Waals surface area contributed by atoms with Crippen LogP contribution in [0, 0.1) is 0 Å². The van der Waals surface area contributed by atoms with Crippen LogP contribution in [0.25, 0.3) is 10.9 Å². The minimum atomic E-state index is 0.118. The summed E-state index contributed by atoms with van der Waals surface area (Å²) in [6.07, 6.45) is 4.45. The molecule has 146 valence electrons. The highest BCUT2D eigenvalue weighted by Crippen LogP contribution is 2.25. The second-order valence-corrected chi connectivity index (χ2v) is 7.75. The quantitative estimate of drug-likeness (QED) is 0.654. The lowest BCUT2D eigenvalue weighted by Crippen LogP contribution is -2.46. The van der Waals surface area contributed by atoms with E-state index in [0.29, 0.717) is 17.8 Å². The lowest BCUT2D eigenvalue weighted by Gasteiger charge is -2.37. The van der Waals surface area contributed by atoms with Gasteiger partial charge in [0.1, 0.15) is 5.69 Å². The van der Waals surface area contributed by atoms with Crippen molar-refractivity contribution in [2.75, 3.05) is 6.54 Å². The molecule has 1 heterocycles. The third-order valence-corrected chi connectivity index (χ3v) is 5.89. The second-order valence-electron chi connectivity index (χ2n) is 7.75. The lowest BCUT2D eigenvalue weighted by atomic mass is 9.89. The molecule has 2 N–H and O–H groups in total. The van der Waals surface area contributed by atoms with Crippen molar-refractivity contribution in [2.24, 2.45) is 0 Å². The summed E-state index contributed by atoms with van der Waals surface area (Å²) in [4.78, 5) is 18.6. The molecule has 0 saturated heterocycles. The number of carbonyl (C=O) groups excluding carboxylic acids is 1. The number of hydrogen-bond acceptors (Lipinski definition) is 2. The number of aromatic amines is 1. The van der Waals surface area contributed by atoms with E-state index in [1.807, 2.05) is 30.3 Å². The Hall–Kier alpha value is -2.59. The highest BCUT2D eigenvalue weighted by molar-refractivity contribution is 5.98. The number of nitrogens with one attached hydrogen (secondary N) is 2. The number of benzene rings is 2. The molecule has 2 aromatic carbocycles. The van der Waals surface area contributed by atoms with Crippen molar-refractivity contribution in [3.05, 3.63) is 71.9 Å². The predicted molar refractivity (Wildman–Crippen MR) is 114 cm³/mol. The zero-order valence-electron chi connectivity index (χ0n) is 16.5. The number of aromatic nitrogens is 1. The van der Waals surface area contributed by atoms with E-state index in [0.717, 1.165) is 43.3 Å². The molecule has 0 aliphatic heterocycles. The van der Waals surface area contributed by atoms with Gasteiger partial charge in [-0.3, -0.25) is 4.79 Å². The Labute approximate surface area is 166 Å². The van der Waals surface area contributed by atoms with E-state index in [9.17, 15) is 4.79 Å². The number of H-pyrrole nitrogens is 1. The molecule has 28 heavy (non-hydrogen) atoms. The monoisotopic (exact) mass is 375 g/mol. The van der Waals surface area contributed by atoms with Gasteiger partial charge in [-0.05, 0) is 50.3 Å². The van der Waals surface area contributed by atoms with Gasteiger partial charge < -0.3 is 15.2 Å². The van der Waals surface area contributed by atoms with Crippen molar-refractivity contribution in [3.8, 4) is 0 Å². The standard InChI is InChI=1S/C24H29N3O/c1-2-27(24(28)23-15-19-11-6-7-14-22(19)26-23)21-13-8-12-20(16-21)25-17-18-9-4-3-5-10-18/h3-7,9-11,14-15,20-21,25-26H,2,8,12-13,16-17H2,1H3/t20-,21?/m1/s1. The van der Waals surface area contributed by atoms with Crippen LogP contribution in [0.2, 0.25) is 0 Å². The van der Waals surface area contributed by atoms with E-state index in [-0.39, 0.29) is 5.91 Å². The summed E-state index contributed by atoms with van der Waals surface area (Å²) in [6, 6.07) is 21.3. The van der Waals surface area contributed by atoms with Crippen LogP contribution in [0.1, 0.15) is 48.7 Å². The smallest absolute Gasteiger partial charge is 0.270 e. The summed E-state index contributed by atoms with van der Waals surface area (Å²) in [5.41, 5.74) is 3.03. The van der Waals surface area contributed by atoms with Gasteiger partial charge >= 0.3 is 0 Å². The number of hydrogen-bond donors (Lipinski definition) is 2. The van der Waals surface area contributed by atoms with E-state index >= 15 is 0 Å². The SMILES string of the molecule is CCN(C(=O)c1cc2ccccc2[nH]1)C1CCC[C@@H](NCc2ccccc2)C1. The molecule has 0 spiro atoms. The predicted octanol–water partition coefficient (Wildman–Crippen LogP) is 4.73. The van der Waals surface area contributed by atoms with Crippen LogP contribution in [0.3, 0.4) is 0 Å². The number of rotatable bonds is 6. The van der Waals surface area contributed by atoms with Gasteiger partial charge in [-0.2, -0.15) is 0 Å². The maximum atomic E-state index is 13.2. The molecule has 1 fully saturated rings. The molecule has 1 aliphatic carbocycles. The largest absolute Gasteiger partial charge is 0.351 e. The highest BCUT2D eigenvalue weighted by atomic mass is 16.2. The molecule has 1 unspecified atom stereocenters. The summed E-state index contributed by atoms with van der Waals surface area (Å²) in [7, 11) is 0. The highest BCUT2D eigenvalue weighted by Gasteiger charge is 2.29. The first-order chi connectivity index (χ1) is 13.7.